The zero-order valence-corrected chi connectivity index (χ0v) is 15.7. The molecule has 0 N–H and O–H groups in total. The van der Waals surface area contributed by atoms with Crippen molar-refractivity contribution >= 4 is 10.3 Å². The van der Waals surface area contributed by atoms with Crippen LogP contribution in [0.25, 0.3) is 0 Å². The zero-order valence-electron chi connectivity index (χ0n) is 14.9. The Bertz CT molecular complexity index is 763. The Morgan fingerprint density at radius 1 is 1.12 bits per heavy atom. The first-order valence-electron chi connectivity index (χ1n) is 8.31. The molecule has 26 heavy (non-hydrogen) atoms. The first kappa shape index (κ1) is 18.3. The molecule has 10 nitrogen and oxygen atoms in total. The van der Waals surface area contributed by atoms with Gasteiger partial charge < -0.3 is 23.7 Å². The van der Waals surface area contributed by atoms with Crippen LogP contribution in [0.4, 0.5) is 0 Å². The van der Waals surface area contributed by atoms with E-state index in [1.165, 1.54) is 12.4 Å². The SMILES string of the molecule is CC1(C)O[C@H]2O[C@H]([C@@H]3COC(C)(C)O3)[C@H](OS(=O)(=O)n3ccnc3)[C@H]2O1. The van der Waals surface area contributed by atoms with Crippen molar-refractivity contribution < 1.29 is 36.3 Å². The molecule has 4 heterocycles. The lowest BCUT2D eigenvalue weighted by Crippen LogP contribution is -2.45. The van der Waals surface area contributed by atoms with Gasteiger partial charge in [0.2, 0.25) is 0 Å². The Hall–Kier alpha value is -1.08. The lowest BCUT2D eigenvalue weighted by molar-refractivity contribution is -0.230. The predicted molar refractivity (Wildman–Crippen MR) is 85.0 cm³/mol. The maximum Gasteiger partial charge on any atom is 0.367 e. The van der Waals surface area contributed by atoms with Crippen LogP contribution in [0.15, 0.2) is 18.7 Å². The molecule has 5 atom stereocenters. The summed E-state index contributed by atoms with van der Waals surface area (Å²) in [7, 11) is -4.13. The molecular weight excluding hydrogens is 368 g/mol. The molecule has 0 amide bonds. The summed E-state index contributed by atoms with van der Waals surface area (Å²) in [4.78, 5) is 3.74. The van der Waals surface area contributed by atoms with Crippen LogP contribution in [0.3, 0.4) is 0 Å². The van der Waals surface area contributed by atoms with Crippen molar-refractivity contribution in [3.8, 4) is 0 Å². The molecule has 0 aliphatic carbocycles. The first-order chi connectivity index (χ1) is 12.1. The summed E-state index contributed by atoms with van der Waals surface area (Å²) in [5.41, 5.74) is 0. The molecule has 1 aromatic rings. The highest BCUT2D eigenvalue weighted by Crippen LogP contribution is 2.42. The van der Waals surface area contributed by atoms with Crippen LogP contribution in [0.2, 0.25) is 0 Å². The number of aromatic nitrogens is 2. The monoisotopic (exact) mass is 390 g/mol. The molecule has 0 bridgehead atoms. The van der Waals surface area contributed by atoms with E-state index in [4.69, 9.17) is 27.9 Å². The molecule has 0 radical (unpaired) electrons. The smallest absolute Gasteiger partial charge is 0.348 e. The fourth-order valence-electron chi connectivity index (χ4n) is 3.36. The van der Waals surface area contributed by atoms with Gasteiger partial charge in [0.1, 0.15) is 30.7 Å². The van der Waals surface area contributed by atoms with Crippen molar-refractivity contribution in [2.24, 2.45) is 0 Å². The molecule has 11 heteroatoms. The maximum absolute atomic E-state index is 12.6. The van der Waals surface area contributed by atoms with E-state index in [0.717, 1.165) is 10.3 Å². The molecule has 3 aliphatic rings. The Morgan fingerprint density at radius 2 is 1.88 bits per heavy atom. The van der Waals surface area contributed by atoms with Gasteiger partial charge >= 0.3 is 10.3 Å². The molecule has 0 spiro atoms. The van der Waals surface area contributed by atoms with E-state index in [2.05, 4.69) is 4.98 Å². The van der Waals surface area contributed by atoms with Crippen molar-refractivity contribution in [1.29, 1.82) is 0 Å². The van der Waals surface area contributed by atoms with Crippen LogP contribution in [0.5, 0.6) is 0 Å². The summed E-state index contributed by atoms with van der Waals surface area (Å²) in [5, 5.41) is 0. The van der Waals surface area contributed by atoms with E-state index in [9.17, 15) is 8.42 Å². The highest BCUT2D eigenvalue weighted by Gasteiger charge is 2.60. The van der Waals surface area contributed by atoms with Gasteiger partial charge in [-0.1, -0.05) is 0 Å². The van der Waals surface area contributed by atoms with E-state index in [0.29, 0.717) is 0 Å². The van der Waals surface area contributed by atoms with Crippen LogP contribution >= 0.6 is 0 Å². The minimum atomic E-state index is -4.13. The van der Waals surface area contributed by atoms with Crippen LogP contribution in [-0.2, 0) is 38.2 Å². The number of hydrogen-bond donors (Lipinski definition) is 0. The van der Waals surface area contributed by atoms with Crippen LogP contribution in [-0.4, -0.2) is 66.3 Å². The van der Waals surface area contributed by atoms with Crippen molar-refractivity contribution in [2.75, 3.05) is 6.61 Å². The molecule has 3 saturated heterocycles. The third-order valence-corrected chi connectivity index (χ3v) is 5.59. The summed E-state index contributed by atoms with van der Waals surface area (Å²) >= 11 is 0. The Morgan fingerprint density at radius 3 is 2.50 bits per heavy atom. The summed E-state index contributed by atoms with van der Waals surface area (Å²) in [6, 6.07) is 0. The van der Waals surface area contributed by atoms with Gasteiger partial charge in [-0.25, -0.2) is 13.1 Å². The van der Waals surface area contributed by atoms with E-state index < -0.39 is 52.6 Å². The average molecular weight is 390 g/mol. The van der Waals surface area contributed by atoms with Crippen molar-refractivity contribution in [3.63, 3.8) is 0 Å². The van der Waals surface area contributed by atoms with Gasteiger partial charge in [-0.2, -0.15) is 8.42 Å². The molecule has 0 unspecified atom stereocenters. The molecule has 1 aromatic heterocycles. The summed E-state index contributed by atoms with van der Waals surface area (Å²) < 4.78 is 60.3. The minimum Gasteiger partial charge on any atom is -0.348 e. The summed E-state index contributed by atoms with van der Waals surface area (Å²) in [6.07, 6.45) is 0.0800. The number of fused-ring (bicyclic) bond motifs is 1. The van der Waals surface area contributed by atoms with Gasteiger partial charge in [0.05, 0.1) is 6.61 Å². The quantitative estimate of drug-likeness (QED) is 0.721. The van der Waals surface area contributed by atoms with Gasteiger partial charge in [0.25, 0.3) is 0 Å². The van der Waals surface area contributed by atoms with Crippen LogP contribution in [0.1, 0.15) is 27.7 Å². The third kappa shape index (κ3) is 3.28. The lowest BCUT2D eigenvalue weighted by Gasteiger charge is -2.28. The zero-order chi connectivity index (χ0) is 18.7. The van der Waals surface area contributed by atoms with Gasteiger partial charge in [-0.3, -0.25) is 0 Å². The Balaban J connectivity index is 1.60. The van der Waals surface area contributed by atoms with Gasteiger partial charge in [-0.05, 0) is 27.7 Å². The number of imidazole rings is 1. The van der Waals surface area contributed by atoms with Crippen molar-refractivity contribution in [1.82, 2.24) is 8.96 Å². The normalized spacial score (nSPS) is 38.5. The second-order valence-electron chi connectivity index (χ2n) is 7.35. The second-order valence-corrected chi connectivity index (χ2v) is 8.82. The van der Waals surface area contributed by atoms with E-state index in [-0.39, 0.29) is 6.61 Å². The topological polar surface area (TPSA) is 107 Å². The summed E-state index contributed by atoms with van der Waals surface area (Å²) in [6.45, 7) is 7.24. The number of rotatable bonds is 4. The highest BCUT2D eigenvalue weighted by molar-refractivity contribution is 7.85. The maximum atomic E-state index is 12.6. The van der Waals surface area contributed by atoms with Gasteiger partial charge in [-0.15, -0.1) is 0 Å². The summed E-state index contributed by atoms with van der Waals surface area (Å²) in [5.74, 6) is -1.70. The highest BCUT2D eigenvalue weighted by atomic mass is 32.2. The molecular formula is C15H22N2O8S. The standard InChI is InChI=1S/C15H22N2O8S/c1-14(2)20-7-9(22-14)10-11(12-13(21-10)24-15(3,4)23-12)25-26(18,19)17-6-5-16-8-17/h5-6,8-13H,7H2,1-4H3/t9-,10+,11-,12+,13+/m0/s1. The van der Waals surface area contributed by atoms with Gasteiger partial charge in [0.15, 0.2) is 17.9 Å². The predicted octanol–water partition coefficient (Wildman–Crippen LogP) is 0.389. The van der Waals surface area contributed by atoms with Crippen molar-refractivity contribution in [2.45, 2.75) is 70.0 Å². The van der Waals surface area contributed by atoms with Crippen molar-refractivity contribution in [3.05, 3.63) is 18.7 Å². The van der Waals surface area contributed by atoms with Crippen LogP contribution in [0, 0.1) is 0 Å². The second kappa shape index (κ2) is 5.96. The van der Waals surface area contributed by atoms with E-state index in [1.54, 1.807) is 27.7 Å². The lowest BCUT2D eigenvalue weighted by atomic mass is 10.1. The number of nitrogens with zero attached hydrogens (tertiary/aromatic N) is 2. The Labute approximate surface area is 151 Å². The molecule has 0 aromatic carbocycles. The molecule has 0 saturated carbocycles. The fraction of sp³-hybridized carbons (Fsp3) is 0.800. The molecule has 146 valence electrons. The minimum absolute atomic E-state index is 0.242. The number of hydrogen-bond acceptors (Lipinski definition) is 9. The van der Waals surface area contributed by atoms with E-state index >= 15 is 0 Å². The molecule has 4 rings (SSSR count). The van der Waals surface area contributed by atoms with E-state index in [1.807, 2.05) is 0 Å². The fourth-order valence-corrected chi connectivity index (χ4v) is 4.33. The number of ether oxygens (including phenoxy) is 5. The average Bonchev–Trinajstić information content (AvgIpc) is 3.24. The largest absolute Gasteiger partial charge is 0.367 e. The van der Waals surface area contributed by atoms with Gasteiger partial charge in [0, 0.05) is 12.4 Å². The third-order valence-electron chi connectivity index (χ3n) is 4.39. The molecule has 3 fully saturated rings. The Kier molecular flexibility index (Phi) is 4.19. The first-order valence-corrected chi connectivity index (χ1v) is 9.67. The molecule has 3 aliphatic heterocycles. The van der Waals surface area contributed by atoms with Crippen LogP contribution < -0.4 is 0 Å².